The molecule has 1 aliphatic heterocycles. The van der Waals surface area contributed by atoms with Crippen molar-refractivity contribution in [1.82, 2.24) is 5.32 Å². The number of para-hydroxylation sites is 1. The molecule has 4 aromatic rings. The summed E-state index contributed by atoms with van der Waals surface area (Å²) in [6.07, 6.45) is 2.53. The van der Waals surface area contributed by atoms with Gasteiger partial charge in [0, 0.05) is 22.0 Å². The molecule has 6 nitrogen and oxygen atoms in total. The van der Waals surface area contributed by atoms with Crippen molar-refractivity contribution in [2.75, 3.05) is 24.7 Å². The van der Waals surface area contributed by atoms with Crippen molar-refractivity contribution >= 4 is 46.9 Å². The summed E-state index contributed by atoms with van der Waals surface area (Å²) in [6, 6.07) is 28.6. The number of anilines is 1. The summed E-state index contributed by atoms with van der Waals surface area (Å²) >= 11 is 7.65. The monoisotopic (exact) mass is 612 g/mol. The molecule has 0 radical (unpaired) electrons. The maximum atomic E-state index is 13.6. The predicted octanol–water partition coefficient (Wildman–Crippen LogP) is 7.79. The van der Waals surface area contributed by atoms with Gasteiger partial charge in [-0.3, -0.25) is 9.59 Å². The Morgan fingerprint density at radius 1 is 0.884 bits per heavy atom. The van der Waals surface area contributed by atoms with Crippen LogP contribution in [-0.2, 0) is 17.8 Å². The van der Waals surface area contributed by atoms with Crippen LogP contribution in [0, 0.1) is 0 Å². The molecule has 0 saturated carbocycles. The topological polar surface area (TPSA) is 67.9 Å². The van der Waals surface area contributed by atoms with E-state index in [9.17, 15) is 9.59 Å². The summed E-state index contributed by atoms with van der Waals surface area (Å²) < 4.78 is 11.3. The zero-order valence-corrected chi connectivity index (χ0v) is 25.7. The first-order valence-corrected chi connectivity index (χ1v) is 15.5. The molecule has 5 rings (SSSR count). The van der Waals surface area contributed by atoms with Crippen molar-refractivity contribution in [2.45, 2.75) is 31.7 Å². The third-order valence-corrected chi connectivity index (χ3v) is 8.15. The third kappa shape index (κ3) is 7.61. The van der Waals surface area contributed by atoms with Crippen molar-refractivity contribution in [3.05, 3.63) is 123 Å². The number of nitrogens with one attached hydrogen (secondary N) is 1. The first-order valence-electron chi connectivity index (χ1n) is 14.3. The zero-order chi connectivity index (χ0) is 30.2. The Hall–Kier alpha value is -4.20. The van der Waals surface area contributed by atoms with Gasteiger partial charge in [-0.2, -0.15) is 0 Å². The van der Waals surface area contributed by atoms with Crippen LogP contribution in [0.15, 0.2) is 101 Å². The van der Waals surface area contributed by atoms with Gasteiger partial charge in [0.05, 0.1) is 30.4 Å². The molecule has 0 fully saturated rings. The Morgan fingerprint density at radius 3 is 2.42 bits per heavy atom. The van der Waals surface area contributed by atoms with Gasteiger partial charge in [-0.25, -0.2) is 0 Å². The van der Waals surface area contributed by atoms with Gasteiger partial charge in [-0.05, 0) is 91.6 Å². The number of thioether (sulfide) groups is 1. The number of amides is 2. The molecule has 0 bridgehead atoms. The van der Waals surface area contributed by atoms with Crippen LogP contribution in [0.1, 0.15) is 40.9 Å². The number of fused-ring (bicyclic) bond motifs is 1. The average Bonchev–Trinajstić information content (AvgIpc) is 3.01. The molecule has 1 heterocycles. The van der Waals surface area contributed by atoms with Crippen LogP contribution < -0.4 is 19.7 Å². The van der Waals surface area contributed by atoms with Crippen molar-refractivity contribution in [3.63, 3.8) is 0 Å². The number of benzene rings is 4. The molecular formula is C35H33ClN2O4S. The fraction of sp³-hybridized carbons (Fsp3) is 0.200. The summed E-state index contributed by atoms with van der Waals surface area (Å²) in [6.45, 7) is 5.89. The molecule has 0 saturated heterocycles. The lowest BCUT2D eigenvalue weighted by Gasteiger charge is -2.30. The van der Waals surface area contributed by atoms with E-state index in [2.05, 4.69) is 5.32 Å². The molecule has 0 aliphatic carbocycles. The van der Waals surface area contributed by atoms with Gasteiger partial charge < -0.3 is 19.7 Å². The second-order valence-electron chi connectivity index (χ2n) is 9.87. The first-order chi connectivity index (χ1) is 20.9. The molecule has 2 amide bonds. The Bertz CT molecular complexity index is 1640. The van der Waals surface area contributed by atoms with E-state index in [0.717, 1.165) is 33.0 Å². The van der Waals surface area contributed by atoms with Crippen LogP contribution in [0.5, 0.6) is 11.5 Å². The van der Waals surface area contributed by atoms with Crippen molar-refractivity contribution in [2.24, 2.45) is 0 Å². The highest BCUT2D eigenvalue weighted by atomic mass is 35.5. The number of hydrogen-bond donors (Lipinski definition) is 1. The van der Waals surface area contributed by atoms with Crippen LogP contribution in [0.2, 0.25) is 5.02 Å². The number of halogens is 1. The minimum absolute atomic E-state index is 0.0766. The first kappa shape index (κ1) is 30.3. The number of hydrogen-bond acceptors (Lipinski definition) is 5. The molecule has 4 aromatic carbocycles. The van der Waals surface area contributed by atoms with E-state index >= 15 is 0 Å². The molecule has 8 heteroatoms. The number of carbonyl (C=O) groups is 2. The predicted molar refractivity (Wildman–Crippen MR) is 174 cm³/mol. The zero-order valence-electron chi connectivity index (χ0n) is 24.1. The van der Waals surface area contributed by atoms with E-state index in [1.165, 1.54) is 11.8 Å². The molecule has 0 unspecified atom stereocenters. The van der Waals surface area contributed by atoms with Crippen molar-refractivity contribution < 1.29 is 19.1 Å². The normalized spacial score (nSPS) is 13.5. The third-order valence-electron chi connectivity index (χ3n) is 6.84. The van der Waals surface area contributed by atoms with Gasteiger partial charge in [0.2, 0.25) is 0 Å². The lowest BCUT2D eigenvalue weighted by Crippen LogP contribution is -2.33. The largest absolute Gasteiger partial charge is 0.490 e. The van der Waals surface area contributed by atoms with E-state index < -0.39 is 0 Å². The van der Waals surface area contributed by atoms with Gasteiger partial charge in [0.15, 0.2) is 11.5 Å². The SMILES string of the molecule is CCOc1ccc(CCNC(=O)c2ccc(/C=C3/Sc4ccccc4N(Cc4cccc(Cl)c4)C3=O)cc2)cc1OCC. The van der Waals surface area contributed by atoms with E-state index in [-0.39, 0.29) is 11.8 Å². The molecule has 0 atom stereocenters. The van der Waals surface area contributed by atoms with Crippen LogP contribution in [0.4, 0.5) is 5.69 Å². The lowest BCUT2D eigenvalue weighted by molar-refractivity contribution is -0.114. The Kier molecular flexibility index (Phi) is 10.1. The second kappa shape index (κ2) is 14.3. The molecule has 1 N–H and O–H groups in total. The Labute approximate surface area is 261 Å². The summed E-state index contributed by atoms with van der Waals surface area (Å²) in [7, 11) is 0. The summed E-state index contributed by atoms with van der Waals surface area (Å²) in [5.41, 5.74) is 4.28. The molecule has 0 spiro atoms. The minimum Gasteiger partial charge on any atom is -0.490 e. The van der Waals surface area contributed by atoms with Crippen LogP contribution in [-0.4, -0.2) is 31.6 Å². The summed E-state index contributed by atoms with van der Waals surface area (Å²) in [5, 5.41) is 3.63. The maximum absolute atomic E-state index is 13.6. The van der Waals surface area contributed by atoms with E-state index in [1.54, 1.807) is 17.0 Å². The highest BCUT2D eigenvalue weighted by Gasteiger charge is 2.29. The molecule has 0 aromatic heterocycles. The summed E-state index contributed by atoms with van der Waals surface area (Å²) in [4.78, 5) is 29.9. The minimum atomic E-state index is -0.153. The highest BCUT2D eigenvalue weighted by Crippen LogP contribution is 2.42. The molecular weight excluding hydrogens is 580 g/mol. The Morgan fingerprint density at radius 2 is 1.65 bits per heavy atom. The highest BCUT2D eigenvalue weighted by molar-refractivity contribution is 8.04. The van der Waals surface area contributed by atoms with Gasteiger partial charge in [0.1, 0.15) is 0 Å². The van der Waals surface area contributed by atoms with E-state index in [0.29, 0.717) is 54.0 Å². The van der Waals surface area contributed by atoms with Crippen molar-refractivity contribution in [1.29, 1.82) is 0 Å². The summed E-state index contributed by atoms with van der Waals surface area (Å²) in [5.74, 6) is 1.20. The van der Waals surface area contributed by atoms with Crippen molar-refractivity contribution in [3.8, 4) is 11.5 Å². The number of rotatable bonds is 11. The number of carbonyl (C=O) groups excluding carboxylic acids is 2. The Balaban J connectivity index is 1.24. The van der Waals surface area contributed by atoms with E-state index in [1.807, 2.05) is 98.8 Å². The van der Waals surface area contributed by atoms with E-state index in [4.69, 9.17) is 21.1 Å². The number of ether oxygens (including phenoxy) is 2. The fourth-order valence-electron chi connectivity index (χ4n) is 4.79. The fourth-order valence-corrected chi connectivity index (χ4v) is 6.06. The average molecular weight is 613 g/mol. The van der Waals surface area contributed by atoms with Gasteiger partial charge in [-0.1, -0.05) is 65.8 Å². The van der Waals surface area contributed by atoms with Crippen LogP contribution in [0.25, 0.3) is 6.08 Å². The standard InChI is InChI=1S/C35H33ClN2O4S/c1-3-41-30-17-14-25(21-31(30)42-4-2)18-19-37-34(39)27-15-12-24(13-16-27)22-33-35(40)38(23-26-8-7-9-28(36)20-26)29-10-5-6-11-32(29)43-33/h5-17,20-22H,3-4,18-19,23H2,1-2H3,(H,37,39)/b33-22+. The van der Waals surface area contributed by atoms with Crippen LogP contribution >= 0.6 is 23.4 Å². The maximum Gasteiger partial charge on any atom is 0.265 e. The second-order valence-corrected chi connectivity index (χ2v) is 11.4. The van der Waals surface area contributed by atoms with Gasteiger partial charge in [0.25, 0.3) is 11.8 Å². The quantitative estimate of drug-likeness (QED) is 0.175. The lowest BCUT2D eigenvalue weighted by atomic mass is 10.1. The molecule has 43 heavy (non-hydrogen) atoms. The number of nitrogens with zero attached hydrogens (tertiary/aromatic N) is 1. The molecule has 220 valence electrons. The van der Waals surface area contributed by atoms with Crippen LogP contribution in [0.3, 0.4) is 0 Å². The van der Waals surface area contributed by atoms with Gasteiger partial charge >= 0.3 is 0 Å². The smallest absolute Gasteiger partial charge is 0.265 e. The van der Waals surface area contributed by atoms with Gasteiger partial charge in [-0.15, -0.1) is 0 Å². The molecule has 1 aliphatic rings.